The maximum Gasteiger partial charge on any atom is 0.123 e. The quantitative estimate of drug-likeness (QED) is 0.768. The summed E-state index contributed by atoms with van der Waals surface area (Å²) in [6, 6.07) is 2.00. The first-order valence-electron chi connectivity index (χ1n) is 5.68. The number of hydrogen-bond acceptors (Lipinski definition) is 3. The van der Waals surface area contributed by atoms with Crippen molar-refractivity contribution in [2.75, 3.05) is 18.4 Å². The molecule has 1 heterocycles. The Morgan fingerprint density at radius 1 is 1.60 bits per heavy atom. The number of aromatic nitrogens is 2. The maximum atomic E-state index is 5.81. The predicted octanol–water partition coefficient (Wildman–Crippen LogP) is 1.35. The van der Waals surface area contributed by atoms with Gasteiger partial charge in [-0.2, -0.15) is 5.10 Å². The van der Waals surface area contributed by atoms with Gasteiger partial charge in [0, 0.05) is 19.7 Å². The molecule has 1 aromatic heterocycles. The second-order valence-corrected chi connectivity index (χ2v) is 4.57. The summed E-state index contributed by atoms with van der Waals surface area (Å²) in [5.74, 6) is 1.08. The van der Waals surface area contributed by atoms with Crippen molar-refractivity contribution in [3.63, 3.8) is 0 Å². The molecule has 1 fully saturated rings. The van der Waals surface area contributed by atoms with Gasteiger partial charge in [-0.25, -0.2) is 0 Å². The van der Waals surface area contributed by atoms with Gasteiger partial charge in [0.25, 0.3) is 0 Å². The number of rotatable bonds is 5. The first-order valence-corrected chi connectivity index (χ1v) is 5.68. The Kier molecular flexibility index (Phi) is 2.95. The summed E-state index contributed by atoms with van der Waals surface area (Å²) in [5, 5.41) is 7.51. The largest absolute Gasteiger partial charge is 0.370 e. The summed E-state index contributed by atoms with van der Waals surface area (Å²) < 4.78 is 1.86. The van der Waals surface area contributed by atoms with Crippen LogP contribution in [0.25, 0.3) is 0 Å². The van der Waals surface area contributed by atoms with Crippen LogP contribution in [-0.4, -0.2) is 22.9 Å². The van der Waals surface area contributed by atoms with Gasteiger partial charge in [-0.3, -0.25) is 4.68 Å². The molecular formula is C11H20N4. The highest BCUT2D eigenvalue weighted by atomic mass is 15.3. The second-order valence-electron chi connectivity index (χ2n) is 4.57. The van der Waals surface area contributed by atoms with Crippen LogP contribution >= 0.6 is 0 Å². The molecule has 0 spiro atoms. The molecule has 0 aliphatic heterocycles. The average molecular weight is 208 g/mol. The molecule has 0 atom stereocenters. The Morgan fingerprint density at radius 2 is 2.40 bits per heavy atom. The lowest BCUT2D eigenvalue weighted by Crippen LogP contribution is -2.38. The summed E-state index contributed by atoms with van der Waals surface area (Å²) in [5.41, 5.74) is 6.25. The predicted molar refractivity (Wildman–Crippen MR) is 61.7 cm³/mol. The third-order valence-electron chi connectivity index (χ3n) is 3.63. The van der Waals surface area contributed by atoms with E-state index in [2.05, 4.69) is 10.4 Å². The van der Waals surface area contributed by atoms with E-state index >= 15 is 0 Å². The Hall–Kier alpha value is -1.03. The first kappa shape index (κ1) is 10.5. The molecule has 1 aliphatic carbocycles. The molecule has 0 bridgehead atoms. The Bertz CT molecular complexity index is 309. The maximum absolute atomic E-state index is 5.81. The Labute approximate surface area is 90.8 Å². The number of nitrogens with two attached hydrogens (primary N) is 1. The van der Waals surface area contributed by atoms with E-state index in [1.54, 1.807) is 0 Å². The van der Waals surface area contributed by atoms with Crippen LogP contribution in [-0.2, 0) is 7.05 Å². The fourth-order valence-electron chi connectivity index (χ4n) is 2.24. The zero-order valence-corrected chi connectivity index (χ0v) is 9.37. The van der Waals surface area contributed by atoms with Crippen molar-refractivity contribution in [2.24, 2.45) is 18.2 Å². The van der Waals surface area contributed by atoms with Crippen LogP contribution in [0, 0.1) is 5.41 Å². The van der Waals surface area contributed by atoms with Gasteiger partial charge in [-0.15, -0.1) is 0 Å². The van der Waals surface area contributed by atoms with Gasteiger partial charge in [0.1, 0.15) is 5.82 Å². The standard InChI is InChI=1S/C11H20N4/c1-15-10(3-7-14-15)13-8-6-11(9-12)4-2-5-11/h3,7,13H,2,4-6,8-9,12H2,1H3. The van der Waals surface area contributed by atoms with Crippen molar-refractivity contribution >= 4 is 5.82 Å². The topological polar surface area (TPSA) is 55.9 Å². The lowest BCUT2D eigenvalue weighted by atomic mass is 9.67. The number of hydrogen-bond donors (Lipinski definition) is 2. The van der Waals surface area contributed by atoms with Gasteiger partial charge in [0.05, 0.1) is 6.20 Å². The molecule has 0 unspecified atom stereocenters. The fraction of sp³-hybridized carbons (Fsp3) is 0.727. The molecule has 3 N–H and O–H groups in total. The molecule has 0 saturated heterocycles. The average Bonchev–Trinajstić information content (AvgIpc) is 2.57. The van der Waals surface area contributed by atoms with Crippen molar-refractivity contribution in [1.29, 1.82) is 0 Å². The molecule has 2 rings (SSSR count). The highest BCUT2D eigenvalue weighted by Crippen LogP contribution is 2.42. The van der Waals surface area contributed by atoms with Crippen molar-refractivity contribution in [3.05, 3.63) is 12.3 Å². The van der Waals surface area contributed by atoms with Crippen LogP contribution in [0.4, 0.5) is 5.82 Å². The summed E-state index contributed by atoms with van der Waals surface area (Å²) in [7, 11) is 1.95. The third-order valence-corrected chi connectivity index (χ3v) is 3.63. The van der Waals surface area contributed by atoms with E-state index in [0.29, 0.717) is 5.41 Å². The number of anilines is 1. The summed E-state index contributed by atoms with van der Waals surface area (Å²) in [4.78, 5) is 0. The smallest absolute Gasteiger partial charge is 0.123 e. The molecule has 0 aromatic carbocycles. The lowest BCUT2D eigenvalue weighted by molar-refractivity contribution is 0.136. The van der Waals surface area contributed by atoms with Crippen molar-refractivity contribution < 1.29 is 0 Å². The van der Waals surface area contributed by atoms with E-state index in [1.165, 1.54) is 25.7 Å². The SMILES string of the molecule is Cn1nccc1NCCC1(CN)CCC1. The zero-order chi connectivity index (χ0) is 10.7. The van der Waals surface area contributed by atoms with Gasteiger partial charge >= 0.3 is 0 Å². The van der Waals surface area contributed by atoms with Crippen molar-refractivity contribution in [1.82, 2.24) is 9.78 Å². The molecule has 15 heavy (non-hydrogen) atoms. The normalized spacial score (nSPS) is 18.5. The molecule has 1 aromatic rings. The van der Waals surface area contributed by atoms with E-state index in [1.807, 2.05) is 24.0 Å². The summed E-state index contributed by atoms with van der Waals surface area (Å²) >= 11 is 0. The number of aryl methyl sites for hydroxylation is 1. The molecule has 4 heteroatoms. The van der Waals surface area contributed by atoms with Crippen LogP contribution in [0.3, 0.4) is 0 Å². The monoisotopic (exact) mass is 208 g/mol. The van der Waals surface area contributed by atoms with Crippen LogP contribution in [0.5, 0.6) is 0 Å². The highest BCUT2D eigenvalue weighted by Gasteiger charge is 2.34. The minimum atomic E-state index is 0.436. The Morgan fingerprint density at radius 3 is 2.87 bits per heavy atom. The highest BCUT2D eigenvalue weighted by molar-refractivity contribution is 5.33. The van der Waals surface area contributed by atoms with Crippen LogP contribution < -0.4 is 11.1 Å². The van der Waals surface area contributed by atoms with Crippen LogP contribution in [0.2, 0.25) is 0 Å². The molecule has 84 valence electrons. The van der Waals surface area contributed by atoms with E-state index in [0.717, 1.165) is 18.9 Å². The lowest BCUT2D eigenvalue weighted by Gasteiger charge is -2.41. The minimum absolute atomic E-state index is 0.436. The second kappa shape index (κ2) is 4.23. The Balaban J connectivity index is 1.77. The molecule has 1 saturated carbocycles. The van der Waals surface area contributed by atoms with E-state index < -0.39 is 0 Å². The fourth-order valence-corrected chi connectivity index (χ4v) is 2.24. The van der Waals surface area contributed by atoms with Crippen molar-refractivity contribution in [3.8, 4) is 0 Å². The van der Waals surface area contributed by atoms with Crippen molar-refractivity contribution in [2.45, 2.75) is 25.7 Å². The minimum Gasteiger partial charge on any atom is -0.370 e. The summed E-state index contributed by atoms with van der Waals surface area (Å²) in [6.45, 7) is 1.83. The van der Waals surface area contributed by atoms with Gasteiger partial charge in [0.2, 0.25) is 0 Å². The van der Waals surface area contributed by atoms with E-state index in [9.17, 15) is 0 Å². The van der Waals surface area contributed by atoms with Gasteiger partial charge in [0.15, 0.2) is 0 Å². The molecular weight excluding hydrogens is 188 g/mol. The van der Waals surface area contributed by atoms with E-state index in [4.69, 9.17) is 5.73 Å². The van der Waals surface area contributed by atoms with Gasteiger partial charge in [-0.05, 0) is 31.2 Å². The molecule has 1 aliphatic rings. The zero-order valence-electron chi connectivity index (χ0n) is 9.37. The number of nitrogens with one attached hydrogen (secondary N) is 1. The third kappa shape index (κ3) is 2.15. The number of nitrogens with zero attached hydrogens (tertiary/aromatic N) is 2. The van der Waals surface area contributed by atoms with Crippen LogP contribution in [0.15, 0.2) is 12.3 Å². The van der Waals surface area contributed by atoms with Gasteiger partial charge < -0.3 is 11.1 Å². The van der Waals surface area contributed by atoms with Crippen LogP contribution in [0.1, 0.15) is 25.7 Å². The molecule has 4 nitrogen and oxygen atoms in total. The first-order chi connectivity index (χ1) is 7.26. The summed E-state index contributed by atoms with van der Waals surface area (Å²) in [6.07, 6.45) is 6.94. The molecule has 0 radical (unpaired) electrons. The van der Waals surface area contributed by atoms with E-state index in [-0.39, 0.29) is 0 Å². The van der Waals surface area contributed by atoms with Gasteiger partial charge in [-0.1, -0.05) is 6.42 Å². The molecule has 0 amide bonds.